The standard InChI is InChI=1S/C17H21NO2/c1-12-6-5-7-14(10-12)13(2)18-16-9-8-15(19-3)11-17(16)20-4/h5-11,13,18H,1-4H3. The van der Waals surface area contributed by atoms with Crippen LogP contribution in [0.25, 0.3) is 0 Å². The summed E-state index contributed by atoms with van der Waals surface area (Å²) in [5.41, 5.74) is 3.48. The highest BCUT2D eigenvalue weighted by Gasteiger charge is 2.10. The molecule has 0 aromatic heterocycles. The predicted octanol–water partition coefficient (Wildman–Crippen LogP) is 4.19. The van der Waals surface area contributed by atoms with E-state index in [4.69, 9.17) is 9.47 Å². The van der Waals surface area contributed by atoms with E-state index in [-0.39, 0.29) is 6.04 Å². The van der Waals surface area contributed by atoms with E-state index in [1.165, 1.54) is 11.1 Å². The maximum atomic E-state index is 5.41. The quantitative estimate of drug-likeness (QED) is 0.884. The lowest BCUT2D eigenvalue weighted by Crippen LogP contribution is -2.07. The Morgan fingerprint density at radius 1 is 1.00 bits per heavy atom. The van der Waals surface area contributed by atoms with Crippen molar-refractivity contribution in [3.8, 4) is 11.5 Å². The van der Waals surface area contributed by atoms with Crippen LogP contribution in [0.3, 0.4) is 0 Å². The van der Waals surface area contributed by atoms with Crippen LogP contribution in [0, 0.1) is 6.92 Å². The van der Waals surface area contributed by atoms with Gasteiger partial charge < -0.3 is 14.8 Å². The zero-order valence-electron chi connectivity index (χ0n) is 12.4. The van der Waals surface area contributed by atoms with Gasteiger partial charge in [0.2, 0.25) is 0 Å². The molecule has 3 nitrogen and oxygen atoms in total. The highest BCUT2D eigenvalue weighted by molar-refractivity contribution is 5.60. The van der Waals surface area contributed by atoms with E-state index in [1.54, 1.807) is 14.2 Å². The number of hydrogen-bond donors (Lipinski definition) is 1. The summed E-state index contributed by atoms with van der Waals surface area (Å²) < 4.78 is 10.6. The van der Waals surface area contributed by atoms with Crippen molar-refractivity contribution in [3.05, 3.63) is 53.6 Å². The van der Waals surface area contributed by atoms with Crippen LogP contribution in [0.5, 0.6) is 11.5 Å². The zero-order chi connectivity index (χ0) is 14.5. The Bertz CT molecular complexity index is 581. The minimum absolute atomic E-state index is 0.206. The highest BCUT2D eigenvalue weighted by Crippen LogP contribution is 2.31. The summed E-state index contributed by atoms with van der Waals surface area (Å²) in [7, 11) is 3.31. The van der Waals surface area contributed by atoms with E-state index in [2.05, 4.69) is 43.4 Å². The molecule has 1 atom stereocenters. The summed E-state index contributed by atoms with van der Waals surface area (Å²) in [6.07, 6.45) is 0. The number of methoxy groups -OCH3 is 2. The van der Waals surface area contributed by atoms with Crippen LogP contribution in [-0.2, 0) is 0 Å². The molecule has 2 rings (SSSR count). The van der Waals surface area contributed by atoms with Gasteiger partial charge in [-0.1, -0.05) is 29.8 Å². The summed E-state index contributed by atoms with van der Waals surface area (Å²) in [6.45, 7) is 4.24. The molecule has 0 aliphatic rings. The lowest BCUT2D eigenvalue weighted by atomic mass is 10.1. The smallest absolute Gasteiger partial charge is 0.145 e. The summed E-state index contributed by atoms with van der Waals surface area (Å²) >= 11 is 0. The van der Waals surface area contributed by atoms with Gasteiger partial charge in [-0.25, -0.2) is 0 Å². The monoisotopic (exact) mass is 271 g/mol. The molecule has 106 valence electrons. The van der Waals surface area contributed by atoms with Gasteiger partial charge in [0.1, 0.15) is 11.5 Å². The van der Waals surface area contributed by atoms with Gasteiger partial charge in [0.25, 0.3) is 0 Å². The lowest BCUT2D eigenvalue weighted by Gasteiger charge is -2.18. The van der Waals surface area contributed by atoms with Gasteiger partial charge in [-0.2, -0.15) is 0 Å². The Morgan fingerprint density at radius 2 is 1.80 bits per heavy atom. The molecule has 0 heterocycles. The maximum absolute atomic E-state index is 5.41. The molecule has 0 radical (unpaired) electrons. The van der Waals surface area contributed by atoms with Crippen LogP contribution in [0.2, 0.25) is 0 Å². The Hall–Kier alpha value is -2.16. The van der Waals surface area contributed by atoms with Crippen molar-refractivity contribution < 1.29 is 9.47 Å². The number of aryl methyl sites for hydroxylation is 1. The molecule has 0 saturated heterocycles. The molecule has 2 aromatic rings. The first-order valence-electron chi connectivity index (χ1n) is 6.69. The summed E-state index contributed by atoms with van der Waals surface area (Å²) in [5.74, 6) is 1.57. The molecule has 0 aliphatic heterocycles. The fourth-order valence-electron chi connectivity index (χ4n) is 2.17. The van der Waals surface area contributed by atoms with E-state index in [0.717, 1.165) is 17.2 Å². The Labute approximate surface area is 120 Å². The largest absolute Gasteiger partial charge is 0.497 e. The van der Waals surface area contributed by atoms with Gasteiger partial charge in [-0.3, -0.25) is 0 Å². The number of ether oxygens (including phenoxy) is 2. The lowest BCUT2D eigenvalue weighted by molar-refractivity contribution is 0.395. The van der Waals surface area contributed by atoms with E-state index >= 15 is 0 Å². The predicted molar refractivity (Wildman–Crippen MR) is 82.8 cm³/mol. The fourth-order valence-corrected chi connectivity index (χ4v) is 2.17. The first-order valence-corrected chi connectivity index (χ1v) is 6.69. The van der Waals surface area contributed by atoms with Crippen molar-refractivity contribution in [2.45, 2.75) is 19.9 Å². The molecule has 0 spiro atoms. The SMILES string of the molecule is COc1ccc(NC(C)c2cccc(C)c2)c(OC)c1. The number of anilines is 1. The number of rotatable bonds is 5. The molecule has 1 N–H and O–H groups in total. The summed E-state index contributed by atoms with van der Waals surface area (Å²) in [4.78, 5) is 0. The molecule has 0 saturated carbocycles. The second-order valence-electron chi connectivity index (χ2n) is 4.85. The van der Waals surface area contributed by atoms with E-state index < -0.39 is 0 Å². The van der Waals surface area contributed by atoms with Crippen LogP contribution >= 0.6 is 0 Å². The molecule has 3 heteroatoms. The van der Waals surface area contributed by atoms with Gasteiger partial charge in [-0.05, 0) is 31.5 Å². The first kappa shape index (κ1) is 14.3. The number of hydrogen-bond acceptors (Lipinski definition) is 3. The first-order chi connectivity index (χ1) is 9.63. The van der Waals surface area contributed by atoms with Crippen molar-refractivity contribution in [2.75, 3.05) is 19.5 Å². The van der Waals surface area contributed by atoms with Crippen LogP contribution in [0.1, 0.15) is 24.1 Å². The van der Waals surface area contributed by atoms with Gasteiger partial charge in [0.15, 0.2) is 0 Å². The molecule has 0 bridgehead atoms. The minimum atomic E-state index is 0.206. The van der Waals surface area contributed by atoms with Crippen LogP contribution in [0.4, 0.5) is 5.69 Å². The normalized spacial score (nSPS) is 11.8. The third-order valence-corrected chi connectivity index (χ3v) is 3.32. The number of benzene rings is 2. The topological polar surface area (TPSA) is 30.5 Å². The molecular formula is C17H21NO2. The van der Waals surface area contributed by atoms with Crippen molar-refractivity contribution in [1.82, 2.24) is 0 Å². The Kier molecular flexibility index (Phi) is 4.51. The molecule has 0 fully saturated rings. The van der Waals surface area contributed by atoms with Crippen LogP contribution < -0.4 is 14.8 Å². The summed E-state index contributed by atoms with van der Waals surface area (Å²) in [6, 6.07) is 14.5. The van der Waals surface area contributed by atoms with Crippen molar-refractivity contribution in [2.24, 2.45) is 0 Å². The molecule has 20 heavy (non-hydrogen) atoms. The molecule has 2 aromatic carbocycles. The second kappa shape index (κ2) is 6.33. The fraction of sp³-hybridized carbons (Fsp3) is 0.294. The molecule has 0 aliphatic carbocycles. The Morgan fingerprint density at radius 3 is 2.45 bits per heavy atom. The second-order valence-corrected chi connectivity index (χ2v) is 4.85. The van der Waals surface area contributed by atoms with Crippen molar-refractivity contribution in [3.63, 3.8) is 0 Å². The van der Waals surface area contributed by atoms with E-state index in [9.17, 15) is 0 Å². The average Bonchev–Trinajstić information content (AvgIpc) is 2.47. The van der Waals surface area contributed by atoms with Gasteiger partial charge >= 0.3 is 0 Å². The molecule has 0 amide bonds. The van der Waals surface area contributed by atoms with Gasteiger partial charge in [-0.15, -0.1) is 0 Å². The van der Waals surface area contributed by atoms with Crippen LogP contribution in [0.15, 0.2) is 42.5 Å². The Balaban J connectivity index is 2.21. The van der Waals surface area contributed by atoms with Crippen LogP contribution in [-0.4, -0.2) is 14.2 Å². The third-order valence-electron chi connectivity index (χ3n) is 3.32. The summed E-state index contributed by atoms with van der Waals surface area (Å²) in [5, 5.41) is 3.48. The minimum Gasteiger partial charge on any atom is -0.497 e. The molecular weight excluding hydrogens is 250 g/mol. The van der Waals surface area contributed by atoms with Crippen molar-refractivity contribution >= 4 is 5.69 Å². The third kappa shape index (κ3) is 3.23. The molecule has 1 unspecified atom stereocenters. The highest BCUT2D eigenvalue weighted by atomic mass is 16.5. The van der Waals surface area contributed by atoms with Crippen molar-refractivity contribution in [1.29, 1.82) is 0 Å². The average molecular weight is 271 g/mol. The van der Waals surface area contributed by atoms with Gasteiger partial charge in [0.05, 0.1) is 19.9 Å². The van der Waals surface area contributed by atoms with E-state index in [0.29, 0.717) is 0 Å². The van der Waals surface area contributed by atoms with Gasteiger partial charge in [0, 0.05) is 12.1 Å². The zero-order valence-corrected chi connectivity index (χ0v) is 12.4. The maximum Gasteiger partial charge on any atom is 0.145 e. The van der Waals surface area contributed by atoms with E-state index in [1.807, 2.05) is 18.2 Å². The number of nitrogens with one attached hydrogen (secondary N) is 1.